The molecule has 0 spiro atoms. The average Bonchev–Trinajstić information content (AvgIpc) is 2.69. The molecule has 0 atom stereocenters. The highest BCUT2D eigenvalue weighted by atomic mass is 16.5. The number of nitrogens with one attached hydrogen (secondary N) is 2. The minimum atomic E-state index is -0.247. The van der Waals surface area contributed by atoms with Crippen LogP contribution in [0.1, 0.15) is 35.7 Å². The molecule has 6 nitrogen and oxygen atoms in total. The van der Waals surface area contributed by atoms with E-state index in [9.17, 15) is 4.79 Å². The summed E-state index contributed by atoms with van der Waals surface area (Å²) in [4.78, 5) is 20.8. The zero-order valence-electron chi connectivity index (χ0n) is 15.6. The Kier molecular flexibility index (Phi) is 5.66. The van der Waals surface area contributed by atoms with Crippen LogP contribution in [0.4, 0.5) is 17.3 Å². The molecule has 0 unspecified atom stereocenters. The van der Waals surface area contributed by atoms with Gasteiger partial charge < -0.3 is 15.4 Å². The molecule has 3 aromatic rings. The van der Waals surface area contributed by atoms with Crippen molar-refractivity contribution in [3.05, 3.63) is 72.1 Å². The molecule has 0 saturated heterocycles. The minimum Gasteiger partial charge on any atom is -0.497 e. The van der Waals surface area contributed by atoms with Crippen molar-refractivity contribution in [3.8, 4) is 5.75 Å². The summed E-state index contributed by atoms with van der Waals surface area (Å²) in [7, 11) is 1.62. The van der Waals surface area contributed by atoms with Crippen LogP contribution in [0.25, 0.3) is 0 Å². The number of hydrogen-bond acceptors (Lipinski definition) is 5. The molecule has 27 heavy (non-hydrogen) atoms. The molecule has 0 fully saturated rings. The summed E-state index contributed by atoms with van der Waals surface area (Å²) in [5.74, 6) is 1.39. The van der Waals surface area contributed by atoms with Crippen LogP contribution in [0.2, 0.25) is 0 Å². The van der Waals surface area contributed by atoms with E-state index in [2.05, 4.69) is 34.4 Å². The Labute approximate surface area is 158 Å². The van der Waals surface area contributed by atoms with E-state index < -0.39 is 0 Å². The summed E-state index contributed by atoms with van der Waals surface area (Å²) < 4.78 is 5.12. The van der Waals surface area contributed by atoms with Gasteiger partial charge in [-0.15, -0.1) is 0 Å². The Morgan fingerprint density at radius 3 is 2.07 bits per heavy atom. The van der Waals surface area contributed by atoms with Crippen molar-refractivity contribution in [2.24, 2.45) is 0 Å². The number of carbonyl (C=O) groups excluding carboxylic acids is 1. The molecule has 3 rings (SSSR count). The first-order valence-corrected chi connectivity index (χ1v) is 8.69. The van der Waals surface area contributed by atoms with Gasteiger partial charge in [-0.05, 0) is 47.9 Å². The van der Waals surface area contributed by atoms with Crippen LogP contribution < -0.4 is 15.4 Å². The van der Waals surface area contributed by atoms with Crippen molar-refractivity contribution in [2.45, 2.75) is 19.8 Å². The summed E-state index contributed by atoms with van der Waals surface area (Å²) >= 11 is 0. The van der Waals surface area contributed by atoms with E-state index in [1.54, 1.807) is 7.11 Å². The van der Waals surface area contributed by atoms with Crippen molar-refractivity contribution in [1.82, 2.24) is 9.97 Å². The van der Waals surface area contributed by atoms with Crippen LogP contribution in [-0.2, 0) is 0 Å². The van der Waals surface area contributed by atoms with Gasteiger partial charge in [0, 0.05) is 23.8 Å². The number of benzene rings is 2. The molecule has 0 aliphatic carbocycles. The number of methoxy groups -OCH3 is 1. The van der Waals surface area contributed by atoms with Crippen LogP contribution in [0.3, 0.4) is 0 Å². The summed E-state index contributed by atoms with van der Waals surface area (Å²) in [5, 5.41) is 5.93. The smallest absolute Gasteiger partial charge is 0.258 e. The maximum absolute atomic E-state index is 12.3. The molecular weight excluding hydrogens is 340 g/mol. The number of nitrogens with zero attached hydrogens (tertiary/aromatic N) is 2. The van der Waals surface area contributed by atoms with Crippen LogP contribution in [0.15, 0.2) is 60.9 Å². The number of anilines is 3. The van der Waals surface area contributed by atoms with Crippen molar-refractivity contribution >= 4 is 23.2 Å². The standard InChI is InChI=1S/C21H22N4O2/c1-14(2)15-4-6-17(7-5-15)24-20(26)16-12-22-21(23-13-16)25-18-8-10-19(27-3)11-9-18/h4-14H,1-3H3,(H,24,26)(H,22,23,25). The van der Waals surface area contributed by atoms with Gasteiger partial charge in [0.05, 0.1) is 12.7 Å². The molecular formula is C21H22N4O2. The second-order valence-corrected chi connectivity index (χ2v) is 6.38. The molecule has 0 bridgehead atoms. The Hall–Kier alpha value is -3.41. The first kappa shape index (κ1) is 18.4. The molecule has 1 amide bonds. The molecule has 0 aliphatic heterocycles. The van der Waals surface area contributed by atoms with Gasteiger partial charge in [0.2, 0.25) is 5.95 Å². The van der Waals surface area contributed by atoms with Crippen LogP contribution in [-0.4, -0.2) is 23.0 Å². The van der Waals surface area contributed by atoms with E-state index in [0.717, 1.165) is 17.1 Å². The molecule has 1 aromatic heterocycles. The topological polar surface area (TPSA) is 76.1 Å². The van der Waals surface area contributed by atoms with Gasteiger partial charge in [0.1, 0.15) is 5.75 Å². The lowest BCUT2D eigenvalue weighted by Crippen LogP contribution is -2.13. The first-order valence-electron chi connectivity index (χ1n) is 8.69. The van der Waals surface area contributed by atoms with Gasteiger partial charge in [-0.25, -0.2) is 9.97 Å². The Bertz CT molecular complexity index is 889. The zero-order chi connectivity index (χ0) is 19.2. The normalized spacial score (nSPS) is 10.5. The highest BCUT2D eigenvalue weighted by Gasteiger charge is 2.08. The second kappa shape index (κ2) is 8.31. The number of rotatable bonds is 6. The van der Waals surface area contributed by atoms with E-state index >= 15 is 0 Å². The van der Waals surface area contributed by atoms with Gasteiger partial charge in [0.25, 0.3) is 5.91 Å². The van der Waals surface area contributed by atoms with Crippen molar-refractivity contribution < 1.29 is 9.53 Å². The predicted molar refractivity (Wildman–Crippen MR) is 107 cm³/mol. The minimum absolute atomic E-state index is 0.247. The Morgan fingerprint density at radius 1 is 0.926 bits per heavy atom. The molecule has 2 N–H and O–H groups in total. The molecule has 0 aliphatic rings. The SMILES string of the molecule is COc1ccc(Nc2ncc(C(=O)Nc3ccc(C(C)C)cc3)cn2)cc1. The van der Waals surface area contributed by atoms with Gasteiger partial charge in [-0.3, -0.25) is 4.79 Å². The van der Waals surface area contributed by atoms with Crippen LogP contribution in [0.5, 0.6) is 5.75 Å². The fraction of sp³-hybridized carbons (Fsp3) is 0.190. The van der Waals surface area contributed by atoms with E-state index in [4.69, 9.17) is 4.74 Å². The monoisotopic (exact) mass is 362 g/mol. The summed E-state index contributed by atoms with van der Waals surface area (Å²) in [6.45, 7) is 4.26. The summed E-state index contributed by atoms with van der Waals surface area (Å²) in [6, 6.07) is 15.2. The second-order valence-electron chi connectivity index (χ2n) is 6.38. The summed E-state index contributed by atoms with van der Waals surface area (Å²) in [6.07, 6.45) is 2.99. The third-order valence-corrected chi connectivity index (χ3v) is 4.10. The number of hydrogen-bond donors (Lipinski definition) is 2. The van der Waals surface area contributed by atoms with Gasteiger partial charge in [0.15, 0.2) is 0 Å². The van der Waals surface area contributed by atoms with Gasteiger partial charge >= 0.3 is 0 Å². The first-order chi connectivity index (χ1) is 13.0. The van der Waals surface area contributed by atoms with Crippen molar-refractivity contribution in [1.29, 1.82) is 0 Å². The fourth-order valence-corrected chi connectivity index (χ4v) is 2.47. The highest BCUT2D eigenvalue weighted by Crippen LogP contribution is 2.19. The fourth-order valence-electron chi connectivity index (χ4n) is 2.47. The van der Waals surface area contributed by atoms with Gasteiger partial charge in [-0.1, -0.05) is 26.0 Å². The number of carbonyl (C=O) groups is 1. The largest absolute Gasteiger partial charge is 0.497 e. The highest BCUT2D eigenvalue weighted by molar-refractivity contribution is 6.03. The zero-order valence-corrected chi connectivity index (χ0v) is 15.6. The quantitative estimate of drug-likeness (QED) is 0.670. The lowest BCUT2D eigenvalue weighted by Gasteiger charge is -2.09. The van der Waals surface area contributed by atoms with E-state index in [1.807, 2.05) is 48.5 Å². The third-order valence-electron chi connectivity index (χ3n) is 4.10. The van der Waals surface area contributed by atoms with Crippen molar-refractivity contribution in [3.63, 3.8) is 0 Å². The maximum Gasteiger partial charge on any atom is 0.258 e. The van der Waals surface area contributed by atoms with E-state index in [1.165, 1.54) is 18.0 Å². The molecule has 1 heterocycles. The number of amides is 1. The molecule has 0 saturated carbocycles. The molecule has 0 radical (unpaired) electrons. The Morgan fingerprint density at radius 2 is 1.52 bits per heavy atom. The lowest BCUT2D eigenvalue weighted by atomic mass is 10.0. The van der Waals surface area contributed by atoms with Crippen molar-refractivity contribution in [2.75, 3.05) is 17.7 Å². The summed E-state index contributed by atoms with van der Waals surface area (Å²) in [5.41, 5.74) is 3.19. The lowest BCUT2D eigenvalue weighted by molar-refractivity contribution is 0.102. The Balaban J connectivity index is 1.62. The molecule has 6 heteroatoms. The molecule has 138 valence electrons. The van der Waals surface area contributed by atoms with Gasteiger partial charge in [-0.2, -0.15) is 0 Å². The van der Waals surface area contributed by atoms with E-state index in [-0.39, 0.29) is 5.91 Å². The average molecular weight is 362 g/mol. The van der Waals surface area contributed by atoms with Crippen LogP contribution >= 0.6 is 0 Å². The van der Waals surface area contributed by atoms with Crippen LogP contribution in [0, 0.1) is 0 Å². The maximum atomic E-state index is 12.3. The third kappa shape index (κ3) is 4.82. The van der Waals surface area contributed by atoms with E-state index in [0.29, 0.717) is 17.4 Å². The number of ether oxygens (including phenoxy) is 1. The molecule has 2 aromatic carbocycles. The number of aromatic nitrogens is 2. The predicted octanol–water partition coefficient (Wildman–Crippen LogP) is 4.60.